The molecule has 0 aliphatic rings. The number of hydrogen-bond acceptors (Lipinski definition) is 3. The quantitative estimate of drug-likeness (QED) is 0.288. The van der Waals surface area contributed by atoms with E-state index in [1.54, 1.807) is 6.08 Å². The summed E-state index contributed by atoms with van der Waals surface area (Å²) in [6, 6.07) is 33.6. The first-order chi connectivity index (χ1) is 16.2. The summed E-state index contributed by atoms with van der Waals surface area (Å²) < 4.78 is 6.11. The van der Waals surface area contributed by atoms with Crippen LogP contribution in [-0.4, -0.2) is 12.5 Å². The van der Waals surface area contributed by atoms with Crippen molar-refractivity contribution >= 4 is 22.8 Å². The van der Waals surface area contributed by atoms with Gasteiger partial charge in [0.1, 0.15) is 24.0 Å². The minimum atomic E-state index is -0.393. The maximum atomic E-state index is 12.8. The number of hydrogen-bond donors (Lipinski definition) is 1. The Kier molecular flexibility index (Phi) is 7.15. The maximum absolute atomic E-state index is 12.8. The third-order valence-corrected chi connectivity index (χ3v) is 5.36. The highest BCUT2D eigenvalue weighted by atomic mass is 16.5. The summed E-state index contributed by atoms with van der Waals surface area (Å²) in [5.41, 5.74) is 2.94. The lowest BCUT2D eigenvalue weighted by molar-refractivity contribution is -0.117. The molecule has 4 rings (SSSR count). The standard InChI is InChI=1S/C29H24N2O2/c30-20-25(29(32)31-18-17-22-9-3-1-4-10-22)19-27-26-14-8-7-13-24(26)15-16-28(27)33-21-23-11-5-2-6-12-23/h1-16,19H,17-18,21H2,(H,31,32)/b25-19+. The Morgan fingerprint density at radius 1 is 0.848 bits per heavy atom. The zero-order valence-electron chi connectivity index (χ0n) is 18.2. The average molecular weight is 433 g/mol. The number of benzene rings is 4. The van der Waals surface area contributed by atoms with Crippen LogP contribution in [0.15, 0.2) is 103 Å². The maximum Gasteiger partial charge on any atom is 0.261 e. The molecule has 1 N–H and O–H groups in total. The van der Waals surface area contributed by atoms with Gasteiger partial charge in [-0.15, -0.1) is 0 Å². The molecule has 0 unspecified atom stereocenters. The second-order valence-electron chi connectivity index (χ2n) is 7.63. The number of nitrogens with zero attached hydrogens (tertiary/aromatic N) is 1. The highest BCUT2D eigenvalue weighted by Crippen LogP contribution is 2.31. The number of rotatable bonds is 8. The molecule has 4 nitrogen and oxygen atoms in total. The summed E-state index contributed by atoms with van der Waals surface area (Å²) in [5.74, 6) is 0.234. The van der Waals surface area contributed by atoms with E-state index in [0.29, 0.717) is 25.3 Å². The number of nitrogens with one attached hydrogen (secondary N) is 1. The average Bonchev–Trinajstić information content (AvgIpc) is 2.87. The van der Waals surface area contributed by atoms with Crippen molar-refractivity contribution in [2.45, 2.75) is 13.0 Å². The Bertz CT molecular complexity index is 1310. The highest BCUT2D eigenvalue weighted by molar-refractivity contribution is 6.05. The fourth-order valence-corrected chi connectivity index (χ4v) is 3.64. The lowest BCUT2D eigenvalue weighted by Gasteiger charge is -2.13. The second kappa shape index (κ2) is 10.8. The zero-order chi connectivity index (χ0) is 22.9. The van der Waals surface area contributed by atoms with E-state index in [1.807, 2.05) is 97.1 Å². The molecule has 4 aromatic rings. The van der Waals surface area contributed by atoms with Crippen molar-refractivity contribution in [1.29, 1.82) is 5.26 Å². The van der Waals surface area contributed by atoms with Gasteiger partial charge >= 0.3 is 0 Å². The third-order valence-electron chi connectivity index (χ3n) is 5.36. The van der Waals surface area contributed by atoms with Crippen LogP contribution in [0.2, 0.25) is 0 Å². The van der Waals surface area contributed by atoms with Gasteiger partial charge in [-0.05, 0) is 40.5 Å². The lowest BCUT2D eigenvalue weighted by Crippen LogP contribution is -2.26. The van der Waals surface area contributed by atoms with Gasteiger partial charge in [-0.1, -0.05) is 91.0 Å². The normalized spacial score (nSPS) is 11.1. The summed E-state index contributed by atoms with van der Waals surface area (Å²) in [6.45, 7) is 0.847. The smallest absolute Gasteiger partial charge is 0.261 e. The first kappa shape index (κ1) is 21.9. The summed E-state index contributed by atoms with van der Waals surface area (Å²) >= 11 is 0. The summed E-state index contributed by atoms with van der Waals surface area (Å²) in [4.78, 5) is 12.8. The van der Waals surface area contributed by atoms with Crippen LogP contribution in [0.3, 0.4) is 0 Å². The van der Waals surface area contributed by atoms with E-state index >= 15 is 0 Å². The van der Waals surface area contributed by atoms with Crippen molar-refractivity contribution in [3.8, 4) is 11.8 Å². The van der Waals surface area contributed by atoms with E-state index in [-0.39, 0.29) is 5.57 Å². The predicted octanol–water partition coefficient (Wildman–Crippen LogP) is 5.68. The molecule has 0 spiro atoms. The largest absolute Gasteiger partial charge is 0.488 e. The Balaban J connectivity index is 1.58. The summed E-state index contributed by atoms with van der Waals surface area (Å²) in [7, 11) is 0. The van der Waals surface area contributed by atoms with Gasteiger partial charge in [0, 0.05) is 12.1 Å². The van der Waals surface area contributed by atoms with Gasteiger partial charge in [0.15, 0.2) is 0 Å². The van der Waals surface area contributed by atoms with Gasteiger partial charge in [-0.25, -0.2) is 0 Å². The monoisotopic (exact) mass is 432 g/mol. The van der Waals surface area contributed by atoms with Crippen molar-refractivity contribution in [2.75, 3.05) is 6.54 Å². The lowest BCUT2D eigenvalue weighted by atomic mass is 10.0. The fraction of sp³-hybridized carbons (Fsp3) is 0.103. The molecule has 0 heterocycles. The third kappa shape index (κ3) is 5.66. The van der Waals surface area contributed by atoms with E-state index in [2.05, 4.69) is 11.4 Å². The van der Waals surface area contributed by atoms with Crippen LogP contribution in [0, 0.1) is 11.3 Å². The van der Waals surface area contributed by atoms with Crippen LogP contribution >= 0.6 is 0 Å². The molecular formula is C29H24N2O2. The van der Waals surface area contributed by atoms with Crippen molar-refractivity contribution in [1.82, 2.24) is 5.32 Å². The summed E-state index contributed by atoms with van der Waals surface area (Å²) in [6.07, 6.45) is 2.32. The predicted molar refractivity (Wildman–Crippen MR) is 131 cm³/mol. The first-order valence-corrected chi connectivity index (χ1v) is 10.9. The minimum Gasteiger partial charge on any atom is -0.488 e. The molecule has 0 aliphatic heterocycles. The van der Waals surface area contributed by atoms with E-state index in [9.17, 15) is 10.1 Å². The van der Waals surface area contributed by atoms with Crippen LogP contribution < -0.4 is 10.1 Å². The van der Waals surface area contributed by atoms with Crippen molar-refractivity contribution in [3.05, 3.63) is 119 Å². The number of fused-ring (bicyclic) bond motifs is 1. The number of carbonyl (C=O) groups is 1. The molecule has 0 fully saturated rings. The van der Waals surface area contributed by atoms with Gasteiger partial charge in [0.2, 0.25) is 0 Å². The van der Waals surface area contributed by atoms with Gasteiger partial charge < -0.3 is 10.1 Å². The first-order valence-electron chi connectivity index (χ1n) is 10.9. The summed E-state index contributed by atoms with van der Waals surface area (Å²) in [5, 5.41) is 14.5. The van der Waals surface area contributed by atoms with Crippen molar-refractivity contribution in [3.63, 3.8) is 0 Å². The molecule has 0 saturated carbocycles. The van der Waals surface area contributed by atoms with E-state index in [4.69, 9.17) is 4.74 Å². The molecule has 0 aliphatic carbocycles. The molecule has 4 heteroatoms. The van der Waals surface area contributed by atoms with Gasteiger partial charge in [0.25, 0.3) is 5.91 Å². The molecule has 0 bridgehead atoms. The van der Waals surface area contributed by atoms with Gasteiger partial charge in [0.05, 0.1) is 0 Å². The van der Waals surface area contributed by atoms with E-state index in [1.165, 1.54) is 0 Å². The van der Waals surface area contributed by atoms with Crippen molar-refractivity contribution in [2.24, 2.45) is 0 Å². The van der Waals surface area contributed by atoms with Crippen molar-refractivity contribution < 1.29 is 9.53 Å². The topological polar surface area (TPSA) is 62.1 Å². The minimum absolute atomic E-state index is 0.0453. The van der Waals surface area contributed by atoms with Crippen LogP contribution in [-0.2, 0) is 17.8 Å². The fourth-order valence-electron chi connectivity index (χ4n) is 3.64. The van der Waals surface area contributed by atoms with Crippen LogP contribution in [0.4, 0.5) is 0 Å². The Labute approximate surface area is 193 Å². The number of amides is 1. The Hall–Kier alpha value is -4.36. The SMILES string of the molecule is N#C/C(=C\c1c(OCc2ccccc2)ccc2ccccc12)C(=O)NCCc1ccccc1. The second-order valence-corrected chi connectivity index (χ2v) is 7.63. The number of carbonyl (C=O) groups excluding carboxylic acids is 1. The molecule has 0 saturated heterocycles. The van der Waals surface area contributed by atoms with Gasteiger partial charge in [-0.2, -0.15) is 5.26 Å². The zero-order valence-corrected chi connectivity index (χ0v) is 18.2. The molecule has 0 atom stereocenters. The molecular weight excluding hydrogens is 408 g/mol. The Morgan fingerprint density at radius 2 is 1.52 bits per heavy atom. The number of ether oxygens (including phenoxy) is 1. The highest BCUT2D eigenvalue weighted by Gasteiger charge is 2.13. The molecule has 0 radical (unpaired) electrons. The number of nitriles is 1. The van der Waals surface area contributed by atoms with Crippen LogP contribution in [0.1, 0.15) is 16.7 Å². The molecule has 33 heavy (non-hydrogen) atoms. The molecule has 162 valence electrons. The van der Waals surface area contributed by atoms with Crippen LogP contribution in [0.25, 0.3) is 16.8 Å². The molecule has 4 aromatic carbocycles. The Morgan fingerprint density at radius 3 is 2.24 bits per heavy atom. The molecule has 0 aromatic heterocycles. The van der Waals surface area contributed by atoms with Gasteiger partial charge in [-0.3, -0.25) is 4.79 Å². The molecule has 1 amide bonds. The van der Waals surface area contributed by atoms with E-state index in [0.717, 1.165) is 27.5 Å². The van der Waals surface area contributed by atoms with Crippen LogP contribution in [0.5, 0.6) is 5.75 Å². The van der Waals surface area contributed by atoms with E-state index < -0.39 is 5.91 Å².